The van der Waals surface area contributed by atoms with Crippen molar-refractivity contribution in [2.24, 2.45) is 0 Å². The molecule has 0 aliphatic rings. The Hall–Kier alpha value is -1.67. The largest absolute Gasteiger partial charge is 0.496 e. The zero-order valence-electron chi connectivity index (χ0n) is 12.1. The van der Waals surface area contributed by atoms with E-state index >= 15 is 0 Å². The van der Waals surface area contributed by atoms with E-state index < -0.39 is 0 Å². The summed E-state index contributed by atoms with van der Waals surface area (Å²) in [6.45, 7) is 4.19. The first-order chi connectivity index (χ1) is 9.61. The molecular formula is C17H20ClNO. The van der Waals surface area contributed by atoms with Gasteiger partial charge in [-0.15, -0.1) is 0 Å². The summed E-state index contributed by atoms with van der Waals surface area (Å²) in [6, 6.07) is 14.3. The third kappa shape index (κ3) is 3.45. The van der Waals surface area contributed by atoms with Crippen molar-refractivity contribution in [2.75, 3.05) is 12.4 Å². The molecule has 0 spiro atoms. The van der Waals surface area contributed by atoms with Gasteiger partial charge in [-0.25, -0.2) is 0 Å². The molecule has 0 aliphatic carbocycles. The lowest BCUT2D eigenvalue weighted by molar-refractivity contribution is 0.409. The molecule has 2 aromatic carbocycles. The normalized spacial score (nSPS) is 12.0. The van der Waals surface area contributed by atoms with Crippen LogP contribution in [-0.2, 0) is 6.42 Å². The molecule has 0 saturated heterocycles. The Labute approximate surface area is 125 Å². The second-order valence-corrected chi connectivity index (χ2v) is 5.38. The minimum atomic E-state index is 0.295. The lowest BCUT2D eigenvalue weighted by atomic mass is 10.1. The number of halogens is 1. The average Bonchev–Trinajstić information content (AvgIpc) is 2.44. The van der Waals surface area contributed by atoms with Crippen molar-refractivity contribution in [3.05, 3.63) is 58.6 Å². The van der Waals surface area contributed by atoms with Gasteiger partial charge in [-0.1, -0.05) is 35.9 Å². The fraction of sp³-hybridized carbons (Fsp3) is 0.294. The van der Waals surface area contributed by atoms with E-state index in [-0.39, 0.29) is 0 Å². The summed E-state index contributed by atoms with van der Waals surface area (Å²) >= 11 is 6.15. The van der Waals surface area contributed by atoms with E-state index in [1.54, 1.807) is 7.11 Å². The maximum Gasteiger partial charge on any atom is 0.122 e. The molecule has 0 aromatic heterocycles. The second kappa shape index (κ2) is 6.67. The van der Waals surface area contributed by atoms with Crippen molar-refractivity contribution >= 4 is 17.3 Å². The van der Waals surface area contributed by atoms with Crippen LogP contribution in [0.3, 0.4) is 0 Å². The zero-order chi connectivity index (χ0) is 14.5. The van der Waals surface area contributed by atoms with E-state index in [1.807, 2.05) is 37.3 Å². The Morgan fingerprint density at radius 1 is 1.15 bits per heavy atom. The molecule has 0 fully saturated rings. The van der Waals surface area contributed by atoms with Gasteiger partial charge in [-0.3, -0.25) is 0 Å². The molecule has 0 aliphatic heterocycles. The topological polar surface area (TPSA) is 21.3 Å². The van der Waals surface area contributed by atoms with Crippen LogP contribution in [-0.4, -0.2) is 13.2 Å². The highest BCUT2D eigenvalue weighted by Crippen LogP contribution is 2.25. The molecule has 0 radical (unpaired) electrons. The van der Waals surface area contributed by atoms with E-state index in [9.17, 15) is 0 Å². The van der Waals surface area contributed by atoms with E-state index in [4.69, 9.17) is 16.3 Å². The molecule has 0 heterocycles. The van der Waals surface area contributed by atoms with Gasteiger partial charge in [0.1, 0.15) is 5.75 Å². The fourth-order valence-electron chi connectivity index (χ4n) is 2.28. The molecule has 1 atom stereocenters. The molecule has 106 valence electrons. The van der Waals surface area contributed by atoms with Gasteiger partial charge < -0.3 is 10.1 Å². The van der Waals surface area contributed by atoms with Crippen molar-refractivity contribution in [1.82, 2.24) is 0 Å². The summed E-state index contributed by atoms with van der Waals surface area (Å²) in [4.78, 5) is 0. The highest BCUT2D eigenvalue weighted by atomic mass is 35.5. The van der Waals surface area contributed by atoms with E-state index in [1.165, 1.54) is 5.56 Å². The van der Waals surface area contributed by atoms with Crippen LogP contribution in [0.15, 0.2) is 42.5 Å². The quantitative estimate of drug-likeness (QED) is 0.861. The predicted octanol–water partition coefficient (Wildman–Crippen LogP) is 4.70. The Morgan fingerprint density at radius 3 is 2.65 bits per heavy atom. The maximum absolute atomic E-state index is 6.15. The van der Waals surface area contributed by atoms with E-state index in [0.29, 0.717) is 6.04 Å². The van der Waals surface area contributed by atoms with Gasteiger partial charge >= 0.3 is 0 Å². The first-order valence-corrected chi connectivity index (χ1v) is 7.13. The molecule has 0 bridgehead atoms. The molecule has 3 heteroatoms. The molecular weight excluding hydrogens is 270 g/mol. The standard InChI is InChI=1S/C17H20ClNO/c1-12(11-14-7-4-5-10-17(14)20-3)19-16-9-6-8-15(18)13(16)2/h4-10,12,19H,11H2,1-3H3. The Morgan fingerprint density at radius 2 is 1.90 bits per heavy atom. The summed E-state index contributed by atoms with van der Waals surface area (Å²) in [5.74, 6) is 0.934. The minimum absolute atomic E-state index is 0.295. The van der Waals surface area contributed by atoms with Crippen LogP contribution >= 0.6 is 11.6 Å². The SMILES string of the molecule is COc1ccccc1CC(C)Nc1cccc(Cl)c1C. The molecule has 0 saturated carbocycles. The molecule has 20 heavy (non-hydrogen) atoms. The van der Waals surface area contributed by atoms with Crippen molar-refractivity contribution in [2.45, 2.75) is 26.3 Å². The highest BCUT2D eigenvalue weighted by molar-refractivity contribution is 6.31. The number of benzene rings is 2. The van der Waals surface area contributed by atoms with E-state index in [0.717, 1.165) is 28.4 Å². The number of hydrogen-bond donors (Lipinski definition) is 1. The first-order valence-electron chi connectivity index (χ1n) is 6.75. The summed E-state index contributed by atoms with van der Waals surface area (Å²) in [6.07, 6.45) is 0.899. The van der Waals surface area contributed by atoms with Gasteiger partial charge in [0.05, 0.1) is 7.11 Å². The number of hydrogen-bond acceptors (Lipinski definition) is 2. The lowest BCUT2D eigenvalue weighted by Gasteiger charge is -2.18. The van der Waals surface area contributed by atoms with Gasteiger partial charge in [0, 0.05) is 16.8 Å². The fourth-order valence-corrected chi connectivity index (χ4v) is 2.46. The monoisotopic (exact) mass is 289 g/mol. The van der Waals surface area contributed by atoms with E-state index in [2.05, 4.69) is 24.4 Å². The van der Waals surface area contributed by atoms with Crippen LogP contribution in [0.4, 0.5) is 5.69 Å². The highest BCUT2D eigenvalue weighted by Gasteiger charge is 2.09. The summed E-state index contributed by atoms with van der Waals surface area (Å²) in [5, 5.41) is 4.30. The lowest BCUT2D eigenvalue weighted by Crippen LogP contribution is -2.19. The van der Waals surface area contributed by atoms with Gasteiger partial charge in [0.2, 0.25) is 0 Å². The van der Waals surface area contributed by atoms with Gasteiger partial charge in [-0.05, 0) is 49.6 Å². The molecule has 1 unspecified atom stereocenters. The van der Waals surface area contributed by atoms with Gasteiger partial charge in [0.15, 0.2) is 0 Å². The van der Waals surface area contributed by atoms with Crippen LogP contribution in [0.1, 0.15) is 18.1 Å². The summed E-state index contributed by atoms with van der Waals surface area (Å²) < 4.78 is 5.39. The molecule has 2 rings (SSSR count). The molecule has 2 aromatic rings. The maximum atomic E-state index is 6.15. The number of nitrogens with one attached hydrogen (secondary N) is 1. The van der Waals surface area contributed by atoms with Crippen LogP contribution in [0.2, 0.25) is 5.02 Å². The first kappa shape index (κ1) is 14.7. The molecule has 0 amide bonds. The number of anilines is 1. The van der Waals surface area contributed by atoms with Crippen LogP contribution in [0.5, 0.6) is 5.75 Å². The number of para-hydroxylation sites is 1. The predicted molar refractivity (Wildman–Crippen MR) is 86.0 cm³/mol. The molecule has 2 nitrogen and oxygen atoms in total. The Balaban J connectivity index is 2.09. The van der Waals surface area contributed by atoms with Gasteiger partial charge in [0.25, 0.3) is 0 Å². The smallest absolute Gasteiger partial charge is 0.122 e. The van der Waals surface area contributed by atoms with Crippen molar-refractivity contribution in [1.29, 1.82) is 0 Å². The van der Waals surface area contributed by atoms with Crippen LogP contribution in [0, 0.1) is 6.92 Å². The van der Waals surface area contributed by atoms with Crippen molar-refractivity contribution in [3.8, 4) is 5.75 Å². The third-order valence-electron chi connectivity index (χ3n) is 3.39. The number of methoxy groups -OCH3 is 1. The van der Waals surface area contributed by atoms with Crippen LogP contribution < -0.4 is 10.1 Å². The van der Waals surface area contributed by atoms with Crippen molar-refractivity contribution in [3.63, 3.8) is 0 Å². The number of ether oxygens (including phenoxy) is 1. The Bertz CT molecular complexity index is 583. The third-order valence-corrected chi connectivity index (χ3v) is 3.80. The molecule has 1 N–H and O–H groups in total. The number of rotatable bonds is 5. The summed E-state index contributed by atoms with van der Waals surface area (Å²) in [7, 11) is 1.71. The zero-order valence-corrected chi connectivity index (χ0v) is 12.9. The second-order valence-electron chi connectivity index (χ2n) is 4.97. The van der Waals surface area contributed by atoms with Gasteiger partial charge in [-0.2, -0.15) is 0 Å². The Kier molecular flexibility index (Phi) is 4.91. The minimum Gasteiger partial charge on any atom is -0.496 e. The van der Waals surface area contributed by atoms with Crippen LogP contribution in [0.25, 0.3) is 0 Å². The summed E-state index contributed by atoms with van der Waals surface area (Å²) in [5.41, 5.74) is 3.37. The van der Waals surface area contributed by atoms with Crippen molar-refractivity contribution < 1.29 is 4.74 Å². The average molecular weight is 290 g/mol.